The molecule has 126 valence electrons. The Morgan fingerprint density at radius 1 is 1.19 bits per heavy atom. The first-order valence-corrected chi connectivity index (χ1v) is 9.76. The summed E-state index contributed by atoms with van der Waals surface area (Å²) < 4.78 is 28.9. The van der Waals surface area contributed by atoms with E-state index in [0.29, 0.717) is 12.6 Å². The highest BCUT2D eigenvalue weighted by Crippen LogP contribution is 2.26. The molecule has 0 aromatic rings. The molecule has 0 unspecified atom stereocenters. The van der Waals surface area contributed by atoms with Gasteiger partial charge in [-0.3, -0.25) is 0 Å². The van der Waals surface area contributed by atoms with Crippen molar-refractivity contribution < 1.29 is 8.42 Å². The molecule has 0 aliphatic heterocycles. The van der Waals surface area contributed by atoms with E-state index in [2.05, 4.69) is 30.8 Å². The number of nitrogens with one attached hydrogen (secondary N) is 2. The number of nitrogens with zero attached hydrogens (tertiary/aromatic N) is 1. The lowest BCUT2D eigenvalue weighted by Gasteiger charge is -2.29. The molecule has 0 aromatic heterocycles. The van der Waals surface area contributed by atoms with Crippen molar-refractivity contribution >= 4 is 10.2 Å². The molecule has 1 saturated carbocycles. The van der Waals surface area contributed by atoms with Crippen molar-refractivity contribution in [1.29, 1.82) is 0 Å². The van der Waals surface area contributed by atoms with E-state index in [9.17, 15) is 8.42 Å². The molecule has 1 rings (SSSR count). The molecule has 1 fully saturated rings. The number of hydrogen-bond acceptors (Lipinski definition) is 3. The lowest BCUT2D eigenvalue weighted by atomic mass is 9.85. The first kappa shape index (κ1) is 18.9. The molecule has 1 aliphatic carbocycles. The Kier molecular flexibility index (Phi) is 8.16. The van der Waals surface area contributed by atoms with E-state index >= 15 is 0 Å². The van der Waals surface area contributed by atoms with Gasteiger partial charge in [0.15, 0.2) is 0 Å². The van der Waals surface area contributed by atoms with E-state index in [-0.39, 0.29) is 6.04 Å². The maximum absolute atomic E-state index is 12.3. The van der Waals surface area contributed by atoms with Crippen LogP contribution in [0.1, 0.15) is 59.3 Å². The molecule has 0 amide bonds. The maximum atomic E-state index is 12.3. The second kappa shape index (κ2) is 9.08. The summed E-state index contributed by atoms with van der Waals surface area (Å²) in [7, 11) is -1.67. The largest absolute Gasteiger partial charge is 0.314 e. The second-order valence-corrected chi connectivity index (χ2v) is 8.34. The fourth-order valence-electron chi connectivity index (χ4n) is 2.80. The van der Waals surface area contributed by atoms with Crippen molar-refractivity contribution in [1.82, 2.24) is 14.3 Å². The van der Waals surface area contributed by atoms with Gasteiger partial charge in [0.05, 0.1) is 0 Å². The maximum Gasteiger partial charge on any atom is 0.279 e. The summed E-state index contributed by atoms with van der Waals surface area (Å²) in [4.78, 5) is 0. The van der Waals surface area contributed by atoms with E-state index in [1.54, 1.807) is 7.05 Å². The molecule has 21 heavy (non-hydrogen) atoms. The summed E-state index contributed by atoms with van der Waals surface area (Å²) in [5, 5.41) is 3.30. The topological polar surface area (TPSA) is 61.4 Å². The average molecular weight is 320 g/mol. The molecule has 0 atom stereocenters. The summed E-state index contributed by atoms with van der Waals surface area (Å²) in [6.45, 7) is 7.80. The van der Waals surface area contributed by atoms with Crippen LogP contribution in [0.15, 0.2) is 0 Å². The Morgan fingerprint density at radius 2 is 1.81 bits per heavy atom. The second-order valence-electron chi connectivity index (χ2n) is 6.53. The third-order valence-corrected chi connectivity index (χ3v) is 5.99. The first-order valence-electron chi connectivity index (χ1n) is 8.32. The predicted molar refractivity (Wildman–Crippen MR) is 88.5 cm³/mol. The minimum Gasteiger partial charge on any atom is -0.314 e. The highest BCUT2D eigenvalue weighted by atomic mass is 32.2. The van der Waals surface area contributed by atoms with Crippen molar-refractivity contribution in [3.05, 3.63) is 0 Å². The zero-order valence-corrected chi connectivity index (χ0v) is 14.9. The van der Waals surface area contributed by atoms with Gasteiger partial charge in [-0.1, -0.05) is 27.2 Å². The molecular weight excluding hydrogens is 286 g/mol. The van der Waals surface area contributed by atoms with Crippen LogP contribution in [-0.2, 0) is 10.2 Å². The summed E-state index contributed by atoms with van der Waals surface area (Å²) in [5.41, 5.74) is 0. The molecule has 0 radical (unpaired) electrons. The average Bonchev–Trinajstić information content (AvgIpc) is 2.43. The molecular formula is C15H33N3O2S. The van der Waals surface area contributed by atoms with Crippen LogP contribution in [0.2, 0.25) is 0 Å². The Morgan fingerprint density at radius 3 is 2.33 bits per heavy atom. The highest BCUT2D eigenvalue weighted by Gasteiger charge is 2.26. The normalized spacial score (nSPS) is 23.9. The van der Waals surface area contributed by atoms with Crippen LogP contribution in [0.25, 0.3) is 0 Å². The Balaban J connectivity index is 2.31. The van der Waals surface area contributed by atoms with Crippen molar-refractivity contribution in [3.8, 4) is 0 Å². The highest BCUT2D eigenvalue weighted by molar-refractivity contribution is 7.87. The van der Waals surface area contributed by atoms with Crippen molar-refractivity contribution in [2.24, 2.45) is 5.92 Å². The monoisotopic (exact) mass is 319 g/mol. The van der Waals surface area contributed by atoms with Gasteiger partial charge in [0, 0.05) is 25.7 Å². The summed E-state index contributed by atoms with van der Waals surface area (Å²) in [6.07, 6.45) is 6.28. The van der Waals surface area contributed by atoms with Crippen molar-refractivity contribution in [2.45, 2.75) is 71.4 Å². The zero-order valence-electron chi connectivity index (χ0n) is 14.1. The third kappa shape index (κ3) is 7.08. The van der Waals surface area contributed by atoms with Crippen LogP contribution in [0.4, 0.5) is 0 Å². The van der Waals surface area contributed by atoms with Crippen molar-refractivity contribution in [2.75, 3.05) is 20.1 Å². The smallest absolute Gasteiger partial charge is 0.279 e. The van der Waals surface area contributed by atoms with Gasteiger partial charge in [0.2, 0.25) is 0 Å². The lowest BCUT2D eigenvalue weighted by molar-refractivity contribution is 0.302. The Hall–Kier alpha value is -0.170. The fourth-order valence-corrected chi connectivity index (χ4v) is 4.01. The molecule has 1 aliphatic rings. The quantitative estimate of drug-likeness (QED) is 0.640. The zero-order chi connectivity index (χ0) is 15.9. The van der Waals surface area contributed by atoms with Gasteiger partial charge < -0.3 is 5.32 Å². The lowest BCUT2D eigenvalue weighted by Crippen LogP contribution is -2.45. The van der Waals surface area contributed by atoms with Gasteiger partial charge in [-0.15, -0.1) is 0 Å². The van der Waals surface area contributed by atoms with Gasteiger partial charge in [-0.25, -0.2) is 0 Å². The summed E-state index contributed by atoms with van der Waals surface area (Å²) in [5.74, 6) is 0.783. The third-order valence-electron chi connectivity index (χ3n) is 4.35. The van der Waals surface area contributed by atoms with Crippen LogP contribution >= 0.6 is 0 Å². The van der Waals surface area contributed by atoms with Crippen LogP contribution in [0, 0.1) is 5.92 Å². The SMILES string of the molecule is CCC1CCC(NS(=O)(=O)N(C)CCCNC(C)C)CC1. The Labute approximate surface area is 131 Å². The molecule has 0 saturated heterocycles. The molecule has 0 bridgehead atoms. The van der Waals surface area contributed by atoms with Crippen LogP contribution in [0.5, 0.6) is 0 Å². The van der Waals surface area contributed by atoms with E-state index in [1.807, 2.05) is 0 Å². The predicted octanol–water partition coefficient (Wildman–Crippen LogP) is 2.11. The fraction of sp³-hybridized carbons (Fsp3) is 1.00. The van der Waals surface area contributed by atoms with Crippen LogP contribution in [-0.4, -0.2) is 44.9 Å². The van der Waals surface area contributed by atoms with Gasteiger partial charge in [-0.05, 0) is 44.6 Å². The first-order chi connectivity index (χ1) is 9.85. The summed E-state index contributed by atoms with van der Waals surface area (Å²) in [6, 6.07) is 0.563. The molecule has 6 heteroatoms. The molecule has 0 heterocycles. The van der Waals surface area contributed by atoms with Gasteiger partial charge in [0.1, 0.15) is 0 Å². The molecule has 2 N–H and O–H groups in total. The standard InChI is InChI=1S/C15H33N3O2S/c1-5-14-7-9-15(10-8-14)17-21(19,20)18(4)12-6-11-16-13(2)3/h13-17H,5-12H2,1-4H3. The van der Waals surface area contributed by atoms with E-state index in [0.717, 1.165) is 44.6 Å². The van der Waals surface area contributed by atoms with Gasteiger partial charge in [-0.2, -0.15) is 17.4 Å². The number of hydrogen-bond donors (Lipinski definition) is 2. The molecule has 5 nitrogen and oxygen atoms in total. The van der Waals surface area contributed by atoms with E-state index < -0.39 is 10.2 Å². The van der Waals surface area contributed by atoms with Gasteiger partial charge in [0.25, 0.3) is 10.2 Å². The van der Waals surface area contributed by atoms with Crippen LogP contribution in [0.3, 0.4) is 0 Å². The van der Waals surface area contributed by atoms with Gasteiger partial charge >= 0.3 is 0 Å². The Bertz CT molecular complexity index is 376. The van der Waals surface area contributed by atoms with Crippen LogP contribution < -0.4 is 10.0 Å². The van der Waals surface area contributed by atoms with E-state index in [1.165, 1.54) is 10.7 Å². The number of rotatable bonds is 9. The summed E-state index contributed by atoms with van der Waals surface area (Å²) >= 11 is 0. The van der Waals surface area contributed by atoms with E-state index in [4.69, 9.17) is 0 Å². The minimum atomic E-state index is -3.33. The molecule has 0 aromatic carbocycles. The van der Waals surface area contributed by atoms with Crippen molar-refractivity contribution in [3.63, 3.8) is 0 Å². The minimum absolute atomic E-state index is 0.119. The molecule has 0 spiro atoms.